The van der Waals surface area contributed by atoms with E-state index in [0.29, 0.717) is 0 Å². The summed E-state index contributed by atoms with van der Waals surface area (Å²) in [6.45, 7) is 5.86. The molecule has 1 fully saturated rings. The predicted octanol–water partition coefficient (Wildman–Crippen LogP) is -0.205. The van der Waals surface area contributed by atoms with Gasteiger partial charge in [-0.3, -0.25) is 19.2 Å². The summed E-state index contributed by atoms with van der Waals surface area (Å²) in [5.41, 5.74) is -2.72. The molecule has 0 spiro atoms. The van der Waals surface area contributed by atoms with E-state index in [-0.39, 0.29) is 26.1 Å². The average molecular weight is 386 g/mol. The Balaban J connectivity index is 3.03. The predicted molar refractivity (Wildman–Crippen MR) is 91.4 cm³/mol. The van der Waals surface area contributed by atoms with E-state index in [4.69, 9.17) is 14.6 Å². The van der Waals surface area contributed by atoms with E-state index in [2.05, 4.69) is 0 Å². The van der Waals surface area contributed by atoms with E-state index < -0.39 is 47.3 Å². The number of ether oxygens (including phenoxy) is 2. The summed E-state index contributed by atoms with van der Waals surface area (Å²) in [6.07, 6.45) is -0.788. The van der Waals surface area contributed by atoms with Crippen LogP contribution in [0, 0.1) is 0 Å². The molecule has 27 heavy (non-hydrogen) atoms. The topological polar surface area (TPSA) is 131 Å². The Bertz CT molecular complexity index is 639. The van der Waals surface area contributed by atoms with Crippen LogP contribution in [0.3, 0.4) is 0 Å². The minimum absolute atomic E-state index is 0.00344. The van der Waals surface area contributed by atoms with Crippen molar-refractivity contribution in [2.24, 2.45) is 0 Å². The molecular formula is C17H26N2O8. The number of carboxylic acid groups (broad SMARTS) is 1. The third-order valence-corrected chi connectivity index (χ3v) is 4.01. The second-order valence-corrected chi connectivity index (χ2v) is 7.32. The van der Waals surface area contributed by atoms with Gasteiger partial charge in [-0.15, -0.1) is 0 Å². The second kappa shape index (κ2) is 8.36. The number of aliphatic carboxylic acids is 1. The monoisotopic (exact) mass is 386 g/mol. The molecule has 1 unspecified atom stereocenters. The number of hydrogen-bond donors (Lipinski definition) is 1. The van der Waals surface area contributed by atoms with E-state index in [1.807, 2.05) is 0 Å². The lowest BCUT2D eigenvalue weighted by Crippen LogP contribution is -2.70. The number of rotatable bonds is 6. The Hall–Kier alpha value is -2.65. The highest BCUT2D eigenvalue weighted by atomic mass is 16.6. The lowest BCUT2D eigenvalue weighted by Gasteiger charge is -2.45. The van der Waals surface area contributed by atoms with E-state index >= 15 is 0 Å². The van der Waals surface area contributed by atoms with Crippen LogP contribution in [-0.4, -0.2) is 82.5 Å². The Kier molecular flexibility index (Phi) is 6.93. The van der Waals surface area contributed by atoms with E-state index in [9.17, 15) is 24.0 Å². The maximum atomic E-state index is 12.9. The first-order valence-corrected chi connectivity index (χ1v) is 8.45. The number of hydrogen-bond acceptors (Lipinski definition) is 7. The summed E-state index contributed by atoms with van der Waals surface area (Å²) < 4.78 is 9.88. The molecule has 0 aliphatic carbocycles. The van der Waals surface area contributed by atoms with Crippen molar-refractivity contribution in [3.8, 4) is 0 Å². The standard InChI is InChI=1S/C17H26N2O8/c1-16(2,3)27-13(23)10-18-8-9-19(11(20)6-7-12(21)22)17(4,14(18)24)15(25)26-5/h6-10H2,1-5H3,(H,21,22). The van der Waals surface area contributed by atoms with Crippen LogP contribution in [0.25, 0.3) is 0 Å². The molecule has 2 amide bonds. The van der Waals surface area contributed by atoms with E-state index in [1.165, 1.54) is 6.92 Å². The Morgan fingerprint density at radius 3 is 2.22 bits per heavy atom. The van der Waals surface area contributed by atoms with Gasteiger partial charge in [0.2, 0.25) is 11.4 Å². The highest BCUT2D eigenvalue weighted by Crippen LogP contribution is 2.26. The first-order valence-electron chi connectivity index (χ1n) is 8.45. The van der Waals surface area contributed by atoms with Crippen molar-refractivity contribution in [2.75, 3.05) is 26.7 Å². The summed E-state index contributed by atoms with van der Waals surface area (Å²) in [5, 5.41) is 8.74. The van der Waals surface area contributed by atoms with Crippen LogP contribution in [0.1, 0.15) is 40.5 Å². The summed E-state index contributed by atoms with van der Waals surface area (Å²) in [7, 11) is 1.08. The molecule has 1 heterocycles. The van der Waals surface area contributed by atoms with Crippen LogP contribution in [0.4, 0.5) is 0 Å². The van der Waals surface area contributed by atoms with Gasteiger partial charge in [-0.25, -0.2) is 4.79 Å². The molecular weight excluding hydrogens is 360 g/mol. The van der Waals surface area contributed by atoms with Crippen LogP contribution in [0.15, 0.2) is 0 Å². The molecule has 1 saturated heterocycles. The normalized spacial score (nSPS) is 20.3. The molecule has 0 aromatic rings. The quantitative estimate of drug-likeness (QED) is 0.490. The number of nitrogens with zero attached hydrogens (tertiary/aromatic N) is 2. The van der Waals surface area contributed by atoms with Crippen LogP contribution >= 0.6 is 0 Å². The van der Waals surface area contributed by atoms with Gasteiger partial charge in [0.05, 0.1) is 13.5 Å². The molecule has 1 atom stereocenters. The zero-order chi connectivity index (χ0) is 21.0. The molecule has 0 aromatic carbocycles. The first-order chi connectivity index (χ1) is 12.3. The van der Waals surface area contributed by atoms with Crippen molar-refractivity contribution >= 4 is 29.7 Å². The fourth-order valence-corrected chi connectivity index (χ4v) is 2.77. The van der Waals surface area contributed by atoms with E-state index in [1.54, 1.807) is 20.8 Å². The SMILES string of the molecule is COC(=O)C1(C)C(=O)N(CC(=O)OC(C)(C)C)CCN1C(=O)CCC(=O)O. The maximum absolute atomic E-state index is 12.9. The van der Waals surface area contributed by atoms with Gasteiger partial charge in [-0.2, -0.15) is 0 Å². The molecule has 1 aliphatic rings. The molecule has 0 bridgehead atoms. The summed E-state index contributed by atoms with van der Waals surface area (Å²) in [5.74, 6) is -4.22. The van der Waals surface area contributed by atoms with Gasteiger partial charge in [0.15, 0.2) is 0 Å². The molecule has 152 valence electrons. The summed E-state index contributed by atoms with van der Waals surface area (Å²) in [6, 6.07) is 0. The molecule has 1 N–H and O–H groups in total. The van der Waals surface area contributed by atoms with E-state index in [0.717, 1.165) is 16.9 Å². The summed E-state index contributed by atoms with van der Waals surface area (Å²) in [4.78, 5) is 62.5. The van der Waals surface area contributed by atoms with Gasteiger partial charge < -0.3 is 24.4 Å². The number of esters is 2. The molecule has 1 aliphatic heterocycles. The number of piperazine rings is 1. The first kappa shape index (κ1) is 22.4. The smallest absolute Gasteiger partial charge is 0.341 e. The Morgan fingerprint density at radius 2 is 1.74 bits per heavy atom. The number of amides is 2. The largest absolute Gasteiger partial charge is 0.481 e. The Morgan fingerprint density at radius 1 is 1.15 bits per heavy atom. The van der Waals surface area contributed by atoms with Crippen molar-refractivity contribution in [1.29, 1.82) is 0 Å². The molecule has 0 saturated carbocycles. The van der Waals surface area contributed by atoms with Gasteiger partial charge in [0.1, 0.15) is 12.1 Å². The fraction of sp³-hybridized carbons (Fsp3) is 0.706. The number of carbonyl (C=O) groups excluding carboxylic acids is 4. The maximum Gasteiger partial charge on any atom is 0.341 e. The van der Waals surface area contributed by atoms with Gasteiger partial charge in [0, 0.05) is 19.5 Å². The number of carboxylic acids is 1. The lowest BCUT2D eigenvalue weighted by atomic mass is 9.94. The molecule has 0 aromatic heterocycles. The van der Waals surface area contributed by atoms with Crippen LogP contribution < -0.4 is 0 Å². The highest BCUT2D eigenvalue weighted by Gasteiger charge is 2.54. The van der Waals surface area contributed by atoms with Gasteiger partial charge in [-0.1, -0.05) is 0 Å². The third-order valence-electron chi connectivity index (χ3n) is 4.01. The van der Waals surface area contributed by atoms with Gasteiger partial charge in [0.25, 0.3) is 5.91 Å². The van der Waals surface area contributed by atoms with Crippen molar-refractivity contribution in [3.05, 3.63) is 0 Å². The van der Waals surface area contributed by atoms with Crippen LogP contribution in [0.2, 0.25) is 0 Å². The van der Waals surface area contributed by atoms with Gasteiger partial charge in [-0.05, 0) is 27.7 Å². The molecule has 10 nitrogen and oxygen atoms in total. The molecule has 1 rings (SSSR count). The minimum Gasteiger partial charge on any atom is -0.481 e. The van der Waals surface area contributed by atoms with Crippen molar-refractivity contribution in [2.45, 2.75) is 51.7 Å². The van der Waals surface area contributed by atoms with Gasteiger partial charge >= 0.3 is 17.9 Å². The zero-order valence-corrected chi connectivity index (χ0v) is 16.2. The number of methoxy groups -OCH3 is 1. The summed E-state index contributed by atoms with van der Waals surface area (Å²) >= 11 is 0. The Labute approximate surface area is 157 Å². The minimum atomic E-state index is -1.98. The average Bonchev–Trinajstić information content (AvgIpc) is 2.54. The number of carbonyl (C=O) groups is 5. The fourth-order valence-electron chi connectivity index (χ4n) is 2.77. The highest BCUT2D eigenvalue weighted by molar-refractivity contribution is 6.10. The van der Waals surface area contributed by atoms with Crippen molar-refractivity contribution in [1.82, 2.24) is 9.80 Å². The van der Waals surface area contributed by atoms with Crippen LogP contribution in [-0.2, 0) is 33.4 Å². The second-order valence-electron chi connectivity index (χ2n) is 7.32. The van der Waals surface area contributed by atoms with Crippen molar-refractivity contribution < 1.29 is 38.6 Å². The lowest BCUT2D eigenvalue weighted by molar-refractivity contribution is -0.178. The van der Waals surface area contributed by atoms with Crippen molar-refractivity contribution in [3.63, 3.8) is 0 Å². The molecule has 10 heteroatoms. The zero-order valence-electron chi connectivity index (χ0n) is 16.2. The third kappa shape index (κ3) is 5.41. The van der Waals surface area contributed by atoms with Crippen LogP contribution in [0.5, 0.6) is 0 Å². The molecule has 0 radical (unpaired) electrons.